The molecule has 1 atom stereocenters. The van der Waals surface area contributed by atoms with Crippen LogP contribution in [0.4, 0.5) is 5.69 Å². The number of amides is 2. The fourth-order valence-electron chi connectivity index (χ4n) is 2.69. The zero-order valence-corrected chi connectivity index (χ0v) is 15.3. The number of benzene rings is 2. The van der Waals surface area contributed by atoms with Gasteiger partial charge in [-0.15, -0.1) is 0 Å². The molecule has 2 rings (SSSR count). The summed E-state index contributed by atoms with van der Waals surface area (Å²) in [5.74, 6) is 0.364. The van der Waals surface area contributed by atoms with Crippen molar-refractivity contribution in [1.82, 2.24) is 5.32 Å². The second kappa shape index (κ2) is 8.47. The molecule has 132 valence electrons. The molecule has 0 aliphatic carbocycles. The van der Waals surface area contributed by atoms with E-state index in [2.05, 4.69) is 48.7 Å². The van der Waals surface area contributed by atoms with E-state index in [-0.39, 0.29) is 17.9 Å². The van der Waals surface area contributed by atoms with E-state index in [1.54, 1.807) is 24.3 Å². The zero-order chi connectivity index (χ0) is 18.4. The SMILES string of the molecule is CC(=O)Nc1ccc(C(=O)NC(C)c2ccc(CC(C)C)cc2)cc1. The molecule has 0 spiro atoms. The van der Waals surface area contributed by atoms with E-state index in [0.717, 1.165) is 12.0 Å². The predicted molar refractivity (Wildman–Crippen MR) is 102 cm³/mol. The first-order chi connectivity index (χ1) is 11.8. The van der Waals surface area contributed by atoms with Crippen LogP contribution < -0.4 is 10.6 Å². The van der Waals surface area contributed by atoms with E-state index >= 15 is 0 Å². The molecule has 2 aromatic carbocycles. The number of anilines is 1. The van der Waals surface area contributed by atoms with E-state index in [4.69, 9.17) is 0 Å². The van der Waals surface area contributed by atoms with E-state index in [0.29, 0.717) is 17.2 Å². The van der Waals surface area contributed by atoms with E-state index < -0.39 is 0 Å². The summed E-state index contributed by atoms with van der Waals surface area (Å²) < 4.78 is 0. The number of carbonyl (C=O) groups is 2. The molecule has 0 fully saturated rings. The molecule has 0 bridgehead atoms. The molecule has 2 amide bonds. The summed E-state index contributed by atoms with van der Waals surface area (Å²) >= 11 is 0. The van der Waals surface area contributed by atoms with Gasteiger partial charge in [0.1, 0.15) is 0 Å². The second-order valence-electron chi connectivity index (χ2n) is 6.79. The van der Waals surface area contributed by atoms with Gasteiger partial charge in [-0.1, -0.05) is 38.1 Å². The molecule has 2 aromatic rings. The predicted octanol–water partition coefficient (Wildman–Crippen LogP) is 4.33. The van der Waals surface area contributed by atoms with Crippen molar-refractivity contribution in [2.45, 2.75) is 40.2 Å². The van der Waals surface area contributed by atoms with Crippen LogP contribution in [0.1, 0.15) is 55.2 Å². The summed E-state index contributed by atoms with van der Waals surface area (Å²) in [4.78, 5) is 23.4. The van der Waals surface area contributed by atoms with E-state index in [9.17, 15) is 9.59 Å². The summed E-state index contributed by atoms with van der Waals surface area (Å²) in [5, 5.41) is 5.69. The van der Waals surface area contributed by atoms with E-state index in [1.807, 2.05) is 6.92 Å². The summed E-state index contributed by atoms with van der Waals surface area (Å²) in [7, 11) is 0. The molecule has 0 saturated heterocycles. The molecule has 0 aliphatic rings. The van der Waals surface area contributed by atoms with Gasteiger partial charge in [-0.25, -0.2) is 0 Å². The van der Waals surface area contributed by atoms with Gasteiger partial charge in [0.2, 0.25) is 5.91 Å². The molecule has 25 heavy (non-hydrogen) atoms. The van der Waals surface area contributed by atoms with Crippen LogP contribution in [0.15, 0.2) is 48.5 Å². The highest BCUT2D eigenvalue weighted by Gasteiger charge is 2.12. The minimum absolute atomic E-state index is 0.0735. The minimum Gasteiger partial charge on any atom is -0.346 e. The van der Waals surface area contributed by atoms with Gasteiger partial charge < -0.3 is 10.6 Å². The lowest BCUT2D eigenvalue weighted by Gasteiger charge is -2.15. The lowest BCUT2D eigenvalue weighted by atomic mass is 10.00. The highest BCUT2D eigenvalue weighted by atomic mass is 16.2. The summed E-state index contributed by atoms with van der Waals surface area (Å²) in [5.41, 5.74) is 3.64. The van der Waals surface area contributed by atoms with Crippen molar-refractivity contribution in [1.29, 1.82) is 0 Å². The van der Waals surface area contributed by atoms with Crippen molar-refractivity contribution in [2.75, 3.05) is 5.32 Å². The van der Waals surface area contributed by atoms with Crippen molar-refractivity contribution >= 4 is 17.5 Å². The summed E-state index contributed by atoms with van der Waals surface area (Å²) in [6.45, 7) is 7.83. The van der Waals surface area contributed by atoms with Gasteiger partial charge in [0.15, 0.2) is 0 Å². The van der Waals surface area contributed by atoms with Crippen LogP contribution >= 0.6 is 0 Å². The van der Waals surface area contributed by atoms with Crippen LogP contribution in [0.3, 0.4) is 0 Å². The van der Waals surface area contributed by atoms with Crippen LogP contribution in [0.25, 0.3) is 0 Å². The molecule has 0 heterocycles. The Bertz CT molecular complexity index is 719. The third kappa shape index (κ3) is 5.75. The smallest absolute Gasteiger partial charge is 0.251 e. The number of hydrogen-bond acceptors (Lipinski definition) is 2. The van der Waals surface area contributed by atoms with Crippen molar-refractivity contribution in [3.63, 3.8) is 0 Å². The maximum absolute atomic E-state index is 12.4. The second-order valence-corrected chi connectivity index (χ2v) is 6.79. The number of rotatable bonds is 6. The molecule has 4 heteroatoms. The fraction of sp³-hybridized carbons (Fsp3) is 0.333. The Morgan fingerprint density at radius 1 is 0.920 bits per heavy atom. The molecule has 2 N–H and O–H groups in total. The molecule has 4 nitrogen and oxygen atoms in total. The maximum atomic E-state index is 12.4. The van der Waals surface area contributed by atoms with Crippen molar-refractivity contribution in [3.05, 3.63) is 65.2 Å². The Hall–Kier alpha value is -2.62. The van der Waals surface area contributed by atoms with Crippen LogP contribution in [-0.4, -0.2) is 11.8 Å². The van der Waals surface area contributed by atoms with Crippen molar-refractivity contribution < 1.29 is 9.59 Å². The molecule has 0 saturated carbocycles. The Morgan fingerprint density at radius 2 is 1.52 bits per heavy atom. The monoisotopic (exact) mass is 338 g/mol. The fourth-order valence-corrected chi connectivity index (χ4v) is 2.69. The van der Waals surface area contributed by atoms with Crippen LogP contribution in [-0.2, 0) is 11.2 Å². The van der Waals surface area contributed by atoms with Gasteiger partial charge in [-0.3, -0.25) is 9.59 Å². The first kappa shape index (κ1) is 18.7. The van der Waals surface area contributed by atoms with Crippen LogP contribution in [0, 0.1) is 5.92 Å². The third-order valence-electron chi connectivity index (χ3n) is 3.94. The summed E-state index contributed by atoms with van der Waals surface area (Å²) in [6, 6.07) is 15.2. The Morgan fingerprint density at radius 3 is 2.04 bits per heavy atom. The van der Waals surface area contributed by atoms with Gasteiger partial charge in [-0.05, 0) is 54.7 Å². The molecular formula is C21H26N2O2. The molecule has 0 aromatic heterocycles. The highest BCUT2D eigenvalue weighted by molar-refractivity contribution is 5.95. The van der Waals surface area contributed by atoms with Crippen LogP contribution in [0.2, 0.25) is 0 Å². The highest BCUT2D eigenvalue weighted by Crippen LogP contribution is 2.17. The number of carbonyl (C=O) groups excluding carboxylic acids is 2. The minimum atomic E-state index is -0.133. The third-order valence-corrected chi connectivity index (χ3v) is 3.94. The van der Waals surface area contributed by atoms with Gasteiger partial charge in [0.25, 0.3) is 5.91 Å². The quantitative estimate of drug-likeness (QED) is 0.823. The first-order valence-corrected chi connectivity index (χ1v) is 8.62. The zero-order valence-electron chi connectivity index (χ0n) is 15.3. The molecule has 0 aliphatic heterocycles. The molecular weight excluding hydrogens is 312 g/mol. The van der Waals surface area contributed by atoms with Crippen molar-refractivity contribution in [2.24, 2.45) is 5.92 Å². The normalized spacial score (nSPS) is 11.9. The lowest BCUT2D eigenvalue weighted by molar-refractivity contribution is -0.114. The maximum Gasteiger partial charge on any atom is 0.251 e. The largest absolute Gasteiger partial charge is 0.346 e. The Kier molecular flexibility index (Phi) is 6.34. The number of hydrogen-bond donors (Lipinski definition) is 2. The van der Waals surface area contributed by atoms with Crippen molar-refractivity contribution in [3.8, 4) is 0 Å². The molecule has 0 radical (unpaired) electrons. The molecule has 1 unspecified atom stereocenters. The number of nitrogens with one attached hydrogen (secondary N) is 2. The van der Waals surface area contributed by atoms with Gasteiger partial charge >= 0.3 is 0 Å². The average molecular weight is 338 g/mol. The van der Waals surface area contributed by atoms with Gasteiger partial charge in [0, 0.05) is 18.2 Å². The Balaban J connectivity index is 1.98. The van der Waals surface area contributed by atoms with E-state index in [1.165, 1.54) is 12.5 Å². The first-order valence-electron chi connectivity index (χ1n) is 8.62. The van der Waals surface area contributed by atoms with Gasteiger partial charge in [-0.2, -0.15) is 0 Å². The Labute approximate surface area is 149 Å². The van der Waals surface area contributed by atoms with Crippen LogP contribution in [0.5, 0.6) is 0 Å². The average Bonchev–Trinajstić information content (AvgIpc) is 2.55. The lowest BCUT2D eigenvalue weighted by Crippen LogP contribution is -2.26. The summed E-state index contributed by atoms with van der Waals surface area (Å²) in [6.07, 6.45) is 1.06. The topological polar surface area (TPSA) is 58.2 Å². The van der Waals surface area contributed by atoms with Gasteiger partial charge in [0.05, 0.1) is 6.04 Å². The standard InChI is InChI=1S/C21H26N2O2/c1-14(2)13-17-5-7-18(8-6-17)15(3)22-21(25)19-9-11-20(12-10-19)23-16(4)24/h5-12,14-15H,13H2,1-4H3,(H,22,25)(H,23,24).